The summed E-state index contributed by atoms with van der Waals surface area (Å²) >= 11 is 0. The van der Waals surface area contributed by atoms with Crippen LogP contribution in [-0.2, 0) is 4.79 Å². The molecule has 0 saturated heterocycles. The van der Waals surface area contributed by atoms with E-state index in [2.05, 4.69) is 5.32 Å². The number of amides is 1. The molecule has 1 aromatic heterocycles. The third-order valence-electron chi connectivity index (χ3n) is 3.96. The van der Waals surface area contributed by atoms with Crippen LogP contribution in [-0.4, -0.2) is 15.8 Å². The second-order valence-electron chi connectivity index (χ2n) is 5.91. The van der Waals surface area contributed by atoms with E-state index in [4.69, 9.17) is 4.42 Å². The number of benzene rings is 2. The van der Waals surface area contributed by atoms with Crippen molar-refractivity contribution in [3.8, 4) is 17.4 Å². The zero-order valence-corrected chi connectivity index (χ0v) is 15.1. The fourth-order valence-corrected chi connectivity index (χ4v) is 2.60. The van der Waals surface area contributed by atoms with E-state index in [0.717, 1.165) is 6.07 Å². The summed E-state index contributed by atoms with van der Waals surface area (Å²) in [5.74, 6) is -0.458. The molecule has 1 heterocycles. The molecule has 0 bridgehead atoms. The standard InChI is InChI=1S/C20H12N4O6/c21-12-13(20(25)22-14-4-3-5-15(11-14)23(26)27)10-16-8-9-19(30-16)17-6-1-2-7-18(17)24(28)29/h1-11H,(H,22,25). The molecule has 10 nitrogen and oxygen atoms in total. The molecule has 0 aliphatic heterocycles. The summed E-state index contributed by atoms with van der Waals surface area (Å²) in [7, 11) is 0. The molecule has 0 radical (unpaired) electrons. The van der Waals surface area contributed by atoms with Crippen LogP contribution >= 0.6 is 0 Å². The molecule has 0 aliphatic rings. The smallest absolute Gasteiger partial charge is 0.280 e. The molecule has 3 aromatic rings. The van der Waals surface area contributed by atoms with Crippen LogP contribution < -0.4 is 5.32 Å². The predicted octanol–water partition coefficient (Wildman–Crippen LogP) is 4.31. The van der Waals surface area contributed by atoms with E-state index in [1.54, 1.807) is 12.1 Å². The predicted molar refractivity (Wildman–Crippen MR) is 106 cm³/mol. The first-order valence-electron chi connectivity index (χ1n) is 8.40. The number of nitrogens with zero attached hydrogens (tertiary/aromatic N) is 3. The number of hydrogen-bond acceptors (Lipinski definition) is 7. The van der Waals surface area contributed by atoms with Gasteiger partial charge in [-0.25, -0.2) is 0 Å². The third-order valence-corrected chi connectivity index (χ3v) is 3.96. The Bertz CT molecular complexity index is 1220. The number of carbonyl (C=O) groups is 1. The molecular formula is C20H12N4O6. The Morgan fingerprint density at radius 3 is 2.50 bits per heavy atom. The highest BCUT2D eigenvalue weighted by Crippen LogP contribution is 2.31. The van der Waals surface area contributed by atoms with E-state index in [9.17, 15) is 30.3 Å². The highest BCUT2D eigenvalue weighted by Gasteiger charge is 2.18. The van der Waals surface area contributed by atoms with Crippen LogP contribution in [0.15, 0.2) is 70.7 Å². The number of nitro benzene ring substituents is 2. The lowest BCUT2D eigenvalue weighted by atomic mass is 10.1. The highest BCUT2D eigenvalue weighted by atomic mass is 16.6. The fourth-order valence-electron chi connectivity index (χ4n) is 2.60. The number of furan rings is 1. The van der Waals surface area contributed by atoms with Crippen LogP contribution in [0.3, 0.4) is 0 Å². The Hall–Kier alpha value is -4.78. The van der Waals surface area contributed by atoms with Crippen LogP contribution in [0.1, 0.15) is 5.76 Å². The Kier molecular flexibility index (Phi) is 5.65. The van der Waals surface area contributed by atoms with Gasteiger partial charge in [0.2, 0.25) is 0 Å². The third kappa shape index (κ3) is 4.37. The minimum Gasteiger partial charge on any atom is -0.456 e. The van der Waals surface area contributed by atoms with Gasteiger partial charge in [0.25, 0.3) is 17.3 Å². The molecule has 30 heavy (non-hydrogen) atoms. The van der Waals surface area contributed by atoms with Crippen molar-refractivity contribution in [3.05, 3.63) is 92.2 Å². The number of hydrogen-bond donors (Lipinski definition) is 1. The molecule has 0 unspecified atom stereocenters. The molecule has 1 amide bonds. The fraction of sp³-hybridized carbons (Fsp3) is 0. The number of rotatable bonds is 6. The summed E-state index contributed by atoms with van der Waals surface area (Å²) in [6.45, 7) is 0. The van der Waals surface area contributed by atoms with Crippen LogP contribution in [0.4, 0.5) is 17.1 Å². The molecule has 1 N–H and O–H groups in total. The maximum absolute atomic E-state index is 12.3. The second kappa shape index (κ2) is 8.49. The number of nitrogens with one attached hydrogen (secondary N) is 1. The molecule has 0 spiro atoms. The van der Waals surface area contributed by atoms with Crippen molar-refractivity contribution in [1.29, 1.82) is 5.26 Å². The van der Waals surface area contributed by atoms with E-state index < -0.39 is 15.8 Å². The van der Waals surface area contributed by atoms with Crippen LogP contribution in [0.2, 0.25) is 0 Å². The first-order valence-corrected chi connectivity index (χ1v) is 8.40. The average Bonchev–Trinajstić information content (AvgIpc) is 3.20. The summed E-state index contributed by atoms with van der Waals surface area (Å²) in [4.78, 5) is 33.2. The first kappa shape index (κ1) is 20.0. The van der Waals surface area contributed by atoms with Crippen molar-refractivity contribution in [2.75, 3.05) is 5.32 Å². The molecule has 2 aromatic carbocycles. The van der Waals surface area contributed by atoms with Gasteiger partial charge in [0, 0.05) is 30.0 Å². The van der Waals surface area contributed by atoms with Crippen molar-refractivity contribution < 1.29 is 19.1 Å². The number of nitriles is 1. The van der Waals surface area contributed by atoms with Crippen molar-refractivity contribution in [2.24, 2.45) is 0 Å². The molecule has 148 valence electrons. The van der Waals surface area contributed by atoms with Gasteiger partial charge in [0.15, 0.2) is 0 Å². The quantitative estimate of drug-likeness (QED) is 0.278. The van der Waals surface area contributed by atoms with E-state index >= 15 is 0 Å². The van der Waals surface area contributed by atoms with Gasteiger partial charge in [-0.05, 0) is 24.3 Å². The summed E-state index contributed by atoms with van der Waals surface area (Å²) in [6, 6.07) is 15.9. The van der Waals surface area contributed by atoms with Gasteiger partial charge in [-0.15, -0.1) is 0 Å². The highest BCUT2D eigenvalue weighted by molar-refractivity contribution is 6.09. The lowest BCUT2D eigenvalue weighted by molar-refractivity contribution is -0.384. The molecule has 3 rings (SSSR count). The lowest BCUT2D eigenvalue weighted by Gasteiger charge is -2.03. The molecule has 0 atom stereocenters. The Morgan fingerprint density at radius 1 is 1.03 bits per heavy atom. The van der Waals surface area contributed by atoms with Gasteiger partial charge in [-0.2, -0.15) is 5.26 Å². The maximum Gasteiger partial charge on any atom is 0.280 e. The Balaban J connectivity index is 1.85. The Labute approximate surface area is 169 Å². The summed E-state index contributed by atoms with van der Waals surface area (Å²) in [6.07, 6.45) is 1.17. The van der Waals surface area contributed by atoms with Gasteiger partial charge < -0.3 is 9.73 Å². The minimum atomic E-state index is -0.790. The van der Waals surface area contributed by atoms with Crippen molar-refractivity contribution in [3.63, 3.8) is 0 Å². The van der Waals surface area contributed by atoms with Gasteiger partial charge in [-0.1, -0.05) is 18.2 Å². The number of anilines is 1. The van der Waals surface area contributed by atoms with Crippen LogP contribution in [0.25, 0.3) is 17.4 Å². The van der Waals surface area contributed by atoms with Gasteiger partial charge >= 0.3 is 0 Å². The topological polar surface area (TPSA) is 152 Å². The molecule has 0 aliphatic carbocycles. The number of para-hydroxylation sites is 1. The molecular weight excluding hydrogens is 392 g/mol. The monoisotopic (exact) mass is 404 g/mol. The minimum absolute atomic E-state index is 0.133. The van der Waals surface area contributed by atoms with Gasteiger partial charge in [0.1, 0.15) is 23.2 Å². The maximum atomic E-state index is 12.3. The van der Waals surface area contributed by atoms with Crippen molar-refractivity contribution >= 4 is 29.0 Å². The zero-order valence-electron chi connectivity index (χ0n) is 15.1. The van der Waals surface area contributed by atoms with E-state index in [1.165, 1.54) is 54.6 Å². The molecule has 10 heteroatoms. The summed E-state index contributed by atoms with van der Waals surface area (Å²) in [5.41, 5.74) is -0.274. The largest absolute Gasteiger partial charge is 0.456 e. The second-order valence-corrected chi connectivity index (χ2v) is 5.91. The summed E-state index contributed by atoms with van der Waals surface area (Å²) in [5, 5.41) is 33.7. The summed E-state index contributed by atoms with van der Waals surface area (Å²) < 4.78 is 5.54. The van der Waals surface area contributed by atoms with Crippen LogP contribution in [0.5, 0.6) is 0 Å². The van der Waals surface area contributed by atoms with Gasteiger partial charge in [0.05, 0.1) is 15.4 Å². The van der Waals surface area contributed by atoms with Crippen molar-refractivity contribution in [1.82, 2.24) is 0 Å². The number of carbonyl (C=O) groups excluding carboxylic acids is 1. The first-order chi connectivity index (χ1) is 14.4. The van der Waals surface area contributed by atoms with Crippen LogP contribution in [0, 0.1) is 31.6 Å². The number of nitro groups is 2. The van der Waals surface area contributed by atoms with Gasteiger partial charge in [-0.3, -0.25) is 25.0 Å². The SMILES string of the molecule is N#CC(=Cc1ccc(-c2ccccc2[N+](=O)[O-])o1)C(=O)Nc1cccc([N+](=O)[O-])c1. The zero-order chi connectivity index (χ0) is 21.7. The average molecular weight is 404 g/mol. The molecule has 0 saturated carbocycles. The van der Waals surface area contributed by atoms with E-state index in [-0.39, 0.29) is 39.7 Å². The van der Waals surface area contributed by atoms with E-state index in [1.807, 2.05) is 0 Å². The van der Waals surface area contributed by atoms with Crippen molar-refractivity contribution in [2.45, 2.75) is 0 Å². The molecule has 0 fully saturated rings. The normalized spacial score (nSPS) is 10.8. The van der Waals surface area contributed by atoms with E-state index in [0.29, 0.717) is 0 Å². The Morgan fingerprint density at radius 2 is 1.80 bits per heavy atom. The number of non-ortho nitro benzene ring substituents is 1. The lowest BCUT2D eigenvalue weighted by Crippen LogP contribution is -2.13.